The van der Waals surface area contributed by atoms with Crippen LogP contribution in [-0.4, -0.2) is 30.6 Å². The first-order valence-corrected chi connectivity index (χ1v) is 8.84. The van der Waals surface area contributed by atoms with E-state index in [4.69, 9.17) is 0 Å². The molecular formula is C18H23BrFIN4. The standard InChI is InChI=1S/C18H22BrFN4.HI/c1-2-21-18(24-12-9-16-5-3-4-10-22-16)23-11-8-14-13-15(19)6-7-17(14)20;/h3-7,10,13H,2,8-9,11-12H2,1H3,(H2,21,23,24);1H. The number of pyridine rings is 1. The van der Waals surface area contributed by atoms with Crippen LogP contribution in [0.15, 0.2) is 52.1 Å². The summed E-state index contributed by atoms with van der Waals surface area (Å²) in [5.41, 5.74) is 1.70. The maximum Gasteiger partial charge on any atom is 0.191 e. The molecule has 0 atom stereocenters. The quantitative estimate of drug-likeness (QED) is 0.330. The molecule has 25 heavy (non-hydrogen) atoms. The molecule has 0 saturated heterocycles. The highest BCUT2D eigenvalue weighted by atomic mass is 127. The Kier molecular flexibility index (Phi) is 10.6. The molecule has 0 spiro atoms. The van der Waals surface area contributed by atoms with Crippen molar-refractivity contribution < 1.29 is 4.39 Å². The van der Waals surface area contributed by atoms with Gasteiger partial charge in [0, 0.05) is 42.4 Å². The predicted molar refractivity (Wildman–Crippen MR) is 115 cm³/mol. The van der Waals surface area contributed by atoms with E-state index in [1.165, 1.54) is 6.07 Å². The van der Waals surface area contributed by atoms with E-state index in [2.05, 4.69) is 36.5 Å². The summed E-state index contributed by atoms with van der Waals surface area (Å²) in [5, 5.41) is 6.44. The van der Waals surface area contributed by atoms with Gasteiger partial charge in [0.05, 0.1) is 0 Å². The normalized spacial score (nSPS) is 10.9. The Balaban J connectivity index is 0.00000312. The first-order chi connectivity index (χ1) is 11.7. The monoisotopic (exact) mass is 520 g/mol. The molecule has 4 nitrogen and oxygen atoms in total. The van der Waals surface area contributed by atoms with Crippen molar-refractivity contribution in [1.82, 2.24) is 15.6 Å². The number of aromatic nitrogens is 1. The van der Waals surface area contributed by atoms with Crippen molar-refractivity contribution in [3.63, 3.8) is 0 Å². The fourth-order valence-electron chi connectivity index (χ4n) is 2.22. The minimum atomic E-state index is -0.183. The van der Waals surface area contributed by atoms with Crippen LogP contribution in [0.1, 0.15) is 18.2 Å². The van der Waals surface area contributed by atoms with E-state index in [0.717, 1.165) is 29.1 Å². The summed E-state index contributed by atoms with van der Waals surface area (Å²) in [5.74, 6) is 0.556. The van der Waals surface area contributed by atoms with E-state index in [1.54, 1.807) is 12.3 Å². The number of nitrogens with one attached hydrogen (secondary N) is 2. The Labute approximate surface area is 173 Å². The molecule has 0 aliphatic carbocycles. The number of benzene rings is 1. The number of halogens is 3. The average Bonchev–Trinajstić information content (AvgIpc) is 2.59. The number of rotatable bonds is 7. The van der Waals surface area contributed by atoms with Crippen LogP contribution in [0.4, 0.5) is 4.39 Å². The minimum Gasteiger partial charge on any atom is -0.357 e. The Bertz CT molecular complexity index is 667. The molecule has 0 bridgehead atoms. The lowest BCUT2D eigenvalue weighted by Crippen LogP contribution is -2.38. The van der Waals surface area contributed by atoms with Crippen molar-refractivity contribution in [3.05, 3.63) is 64.1 Å². The molecule has 0 fully saturated rings. The van der Waals surface area contributed by atoms with Gasteiger partial charge in [-0.2, -0.15) is 0 Å². The molecule has 2 aromatic rings. The molecule has 0 aliphatic rings. The average molecular weight is 521 g/mol. The van der Waals surface area contributed by atoms with Gasteiger partial charge in [-0.25, -0.2) is 4.39 Å². The van der Waals surface area contributed by atoms with Gasteiger partial charge in [0.2, 0.25) is 0 Å². The lowest BCUT2D eigenvalue weighted by Gasteiger charge is -2.11. The Morgan fingerprint density at radius 3 is 2.76 bits per heavy atom. The molecule has 0 radical (unpaired) electrons. The zero-order valence-corrected chi connectivity index (χ0v) is 18.1. The highest BCUT2D eigenvalue weighted by Crippen LogP contribution is 2.15. The van der Waals surface area contributed by atoms with Crippen LogP contribution in [0.3, 0.4) is 0 Å². The minimum absolute atomic E-state index is 0. The summed E-state index contributed by atoms with van der Waals surface area (Å²) in [6.07, 6.45) is 3.17. The van der Waals surface area contributed by atoms with Gasteiger partial charge < -0.3 is 10.6 Å². The number of aliphatic imine (C=N–C) groups is 1. The van der Waals surface area contributed by atoms with Crippen LogP contribution >= 0.6 is 39.9 Å². The molecule has 1 heterocycles. The highest BCUT2D eigenvalue weighted by molar-refractivity contribution is 14.0. The molecule has 1 aromatic heterocycles. The summed E-state index contributed by atoms with van der Waals surface area (Å²) in [6.45, 7) is 4.06. The van der Waals surface area contributed by atoms with E-state index in [9.17, 15) is 4.39 Å². The van der Waals surface area contributed by atoms with Gasteiger partial charge in [-0.1, -0.05) is 22.0 Å². The second kappa shape index (κ2) is 12.2. The van der Waals surface area contributed by atoms with Gasteiger partial charge in [0.1, 0.15) is 5.82 Å². The van der Waals surface area contributed by atoms with E-state index in [1.807, 2.05) is 31.2 Å². The fraction of sp³-hybridized carbons (Fsp3) is 0.333. The lowest BCUT2D eigenvalue weighted by molar-refractivity contribution is 0.606. The van der Waals surface area contributed by atoms with Crippen molar-refractivity contribution in [2.24, 2.45) is 4.99 Å². The van der Waals surface area contributed by atoms with Crippen LogP contribution in [0.2, 0.25) is 0 Å². The van der Waals surface area contributed by atoms with Gasteiger partial charge in [-0.15, -0.1) is 24.0 Å². The lowest BCUT2D eigenvalue weighted by atomic mass is 10.1. The summed E-state index contributed by atoms with van der Waals surface area (Å²) < 4.78 is 14.6. The van der Waals surface area contributed by atoms with Crippen molar-refractivity contribution in [2.75, 3.05) is 19.6 Å². The first-order valence-electron chi connectivity index (χ1n) is 8.05. The number of guanidine groups is 1. The third-order valence-corrected chi connectivity index (χ3v) is 3.90. The van der Waals surface area contributed by atoms with Crippen LogP contribution in [0, 0.1) is 5.82 Å². The highest BCUT2D eigenvalue weighted by Gasteiger charge is 2.04. The third-order valence-electron chi connectivity index (χ3n) is 3.40. The molecule has 7 heteroatoms. The molecular weight excluding hydrogens is 498 g/mol. The molecule has 136 valence electrons. The Morgan fingerprint density at radius 1 is 1.20 bits per heavy atom. The molecule has 0 amide bonds. The third kappa shape index (κ3) is 8.13. The zero-order valence-electron chi connectivity index (χ0n) is 14.1. The first kappa shape index (κ1) is 21.8. The van der Waals surface area contributed by atoms with Crippen molar-refractivity contribution in [1.29, 1.82) is 0 Å². The van der Waals surface area contributed by atoms with E-state index >= 15 is 0 Å². The Morgan fingerprint density at radius 2 is 2.04 bits per heavy atom. The van der Waals surface area contributed by atoms with E-state index < -0.39 is 0 Å². The van der Waals surface area contributed by atoms with Gasteiger partial charge in [-0.3, -0.25) is 9.98 Å². The van der Waals surface area contributed by atoms with Gasteiger partial charge in [-0.05, 0) is 49.2 Å². The largest absolute Gasteiger partial charge is 0.357 e. The summed E-state index contributed by atoms with van der Waals surface area (Å²) in [6, 6.07) is 10.9. The second-order valence-electron chi connectivity index (χ2n) is 5.24. The molecule has 2 N–H and O–H groups in total. The zero-order chi connectivity index (χ0) is 17.2. The van der Waals surface area contributed by atoms with Gasteiger partial charge in [0.25, 0.3) is 0 Å². The number of nitrogens with zero attached hydrogens (tertiary/aromatic N) is 2. The topological polar surface area (TPSA) is 49.3 Å². The van der Waals surface area contributed by atoms with E-state index in [-0.39, 0.29) is 29.8 Å². The molecule has 2 rings (SSSR count). The van der Waals surface area contributed by atoms with Crippen LogP contribution in [-0.2, 0) is 12.8 Å². The molecule has 0 unspecified atom stereocenters. The fourth-order valence-corrected chi connectivity index (χ4v) is 2.63. The van der Waals surface area contributed by atoms with Crippen LogP contribution in [0.25, 0.3) is 0 Å². The summed E-state index contributed by atoms with van der Waals surface area (Å²) in [4.78, 5) is 8.82. The van der Waals surface area contributed by atoms with Crippen molar-refractivity contribution in [3.8, 4) is 0 Å². The second-order valence-corrected chi connectivity index (χ2v) is 6.16. The van der Waals surface area contributed by atoms with Crippen LogP contribution in [0.5, 0.6) is 0 Å². The SMILES string of the molecule is CCNC(=NCCc1ccccn1)NCCc1cc(Br)ccc1F.I. The molecule has 1 aromatic carbocycles. The van der Waals surface area contributed by atoms with Crippen molar-refractivity contribution >= 4 is 45.9 Å². The van der Waals surface area contributed by atoms with Crippen molar-refractivity contribution in [2.45, 2.75) is 19.8 Å². The maximum absolute atomic E-state index is 13.7. The molecule has 0 saturated carbocycles. The predicted octanol–water partition coefficient (Wildman–Crippen LogP) is 3.94. The van der Waals surface area contributed by atoms with Gasteiger partial charge in [0.15, 0.2) is 5.96 Å². The summed E-state index contributed by atoms with van der Waals surface area (Å²) in [7, 11) is 0. The van der Waals surface area contributed by atoms with Crippen LogP contribution < -0.4 is 10.6 Å². The Hall–Kier alpha value is -1.22. The summed E-state index contributed by atoms with van der Waals surface area (Å²) >= 11 is 3.37. The smallest absolute Gasteiger partial charge is 0.191 e. The number of hydrogen-bond acceptors (Lipinski definition) is 2. The van der Waals surface area contributed by atoms with E-state index in [0.29, 0.717) is 25.1 Å². The van der Waals surface area contributed by atoms with Gasteiger partial charge >= 0.3 is 0 Å². The number of hydrogen-bond donors (Lipinski definition) is 2. The molecule has 0 aliphatic heterocycles. The maximum atomic E-state index is 13.7.